The Bertz CT molecular complexity index is 391. The van der Waals surface area contributed by atoms with E-state index >= 15 is 0 Å². The molecule has 1 aromatic carbocycles. The Kier molecular flexibility index (Phi) is 4.55. The van der Waals surface area contributed by atoms with E-state index in [2.05, 4.69) is 25.9 Å². The average molecular weight is 235 g/mol. The number of oxime groups is 1. The number of rotatable bonds is 4. The van der Waals surface area contributed by atoms with Crippen LogP contribution in [0.25, 0.3) is 0 Å². The van der Waals surface area contributed by atoms with Crippen molar-refractivity contribution in [1.29, 1.82) is 0 Å². The number of benzene rings is 1. The number of hydrogen-bond donors (Lipinski definition) is 0. The molecular weight excluding hydrogens is 214 g/mol. The van der Waals surface area contributed by atoms with Crippen molar-refractivity contribution in [3.05, 3.63) is 29.8 Å². The fourth-order valence-electron chi connectivity index (χ4n) is 1.30. The first kappa shape index (κ1) is 13.6. The lowest BCUT2D eigenvalue weighted by molar-refractivity contribution is 0.198. The van der Waals surface area contributed by atoms with E-state index in [0.29, 0.717) is 6.61 Å². The standard InChI is InChI=1S/C14H21NO2/c1-11(15-16-5)12-7-6-8-13(9-12)17-10-14(2,3)4/h6-9H,10H2,1-5H3/b15-11-. The van der Waals surface area contributed by atoms with E-state index < -0.39 is 0 Å². The lowest BCUT2D eigenvalue weighted by atomic mass is 9.99. The molecule has 0 aliphatic rings. The number of ether oxygens (including phenoxy) is 1. The lowest BCUT2D eigenvalue weighted by Crippen LogP contribution is -2.16. The van der Waals surface area contributed by atoms with Gasteiger partial charge >= 0.3 is 0 Å². The summed E-state index contributed by atoms with van der Waals surface area (Å²) in [5.74, 6) is 0.864. The maximum absolute atomic E-state index is 5.74. The smallest absolute Gasteiger partial charge is 0.119 e. The first-order chi connectivity index (χ1) is 7.92. The van der Waals surface area contributed by atoms with Crippen LogP contribution in [0.4, 0.5) is 0 Å². The fraction of sp³-hybridized carbons (Fsp3) is 0.500. The third kappa shape index (κ3) is 4.89. The maximum atomic E-state index is 5.74. The molecule has 0 atom stereocenters. The first-order valence-electron chi connectivity index (χ1n) is 5.73. The van der Waals surface area contributed by atoms with Crippen LogP contribution >= 0.6 is 0 Å². The molecule has 1 rings (SSSR count). The molecule has 1 aromatic rings. The number of hydrogen-bond acceptors (Lipinski definition) is 3. The summed E-state index contributed by atoms with van der Waals surface area (Å²) in [6.07, 6.45) is 0. The van der Waals surface area contributed by atoms with E-state index in [1.54, 1.807) is 7.11 Å². The van der Waals surface area contributed by atoms with Gasteiger partial charge in [0.25, 0.3) is 0 Å². The van der Waals surface area contributed by atoms with E-state index in [4.69, 9.17) is 9.57 Å². The van der Waals surface area contributed by atoms with Gasteiger partial charge in [0, 0.05) is 5.56 Å². The Balaban J connectivity index is 2.76. The quantitative estimate of drug-likeness (QED) is 0.591. The second-order valence-electron chi connectivity index (χ2n) is 5.24. The number of nitrogens with zero attached hydrogens (tertiary/aromatic N) is 1. The summed E-state index contributed by atoms with van der Waals surface area (Å²) in [5, 5.41) is 3.91. The van der Waals surface area contributed by atoms with Crippen molar-refractivity contribution < 1.29 is 9.57 Å². The van der Waals surface area contributed by atoms with Gasteiger partial charge in [-0.05, 0) is 24.5 Å². The van der Waals surface area contributed by atoms with Gasteiger partial charge in [0.1, 0.15) is 12.9 Å². The minimum absolute atomic E-state index is 0.158. The van der Waals surface area contributed by atoms with E-state index in [-0.39, 0.29) is 5.41 Å². The normalized spacial score (nSPS) is 12.4. The Morgan fingerprint density at radius 2 is 2.00 bits per heavy atom. The van der Waals surface area contributed by atoms with E-state index in [1.807, 2.05) is 31.2 Å². The van der Waals surface area contributed by atoms with Gasteiger partial charge in [0.05, 0.1) is 12.3 Å². The second kappa shape index (κ2) is 5.71. The van der Waals surface area contributed by atoms with Gasteiger partial charge in [-0.15, -0.1) is 0 Å². The molecule has 0 N–H and O–H groups in total. The zero-order chi connectivity index (χ0) is 12.9. The van der Waals surface area contributed by atoms with E-state index in [1.165, 1.54) is 0 Å². The largest absolute Gasteiger partial charge is 0.493 e. The van der Waals surface area contributed by atoms with Crippen LogP contribution in [0.3, 0.4) is 0 Å². The van der Waals surface area contributed by atoms with E-state index in [9.17, 15) is 0 Å². The van der Waals surface area contributed by atoms with Crippen molar-refractivity contribution >= 4 is 5.71 Å². The van der Waals surface area contributed by atoms with Crippen molar-refractivity contribution in [1.82, 2.24) is 0 Å². The summed E-state index contributed by atoms with van der Waals surface area (Å²) >= 11 is 0. The van der Waals surface area contributed by atoms with Crippen molar-refractivity contribution in [3.8, 4) is 5.75 Å². The summed E-state index contributed by atoms with van der Waals surface area (Å²) < 4.78 is 5.74. The van der Waals surface area contributed by atoms with Crippen LogP contribution in [0.15, 0.2) is 29.4 Å². The molecule has 0 aliphatic heterocycles. The summed E-state index contributed by atoms with van der Waals surface area (Å²) in [7, 11) is 1.55. The van der Waals surface area contributed by atoms with Crippen LogP contribution in [0.5, 0.6) is 5.75 Å². The average Bonchev–Trinajstić information content (AvgIpc) is 2.26. The molecule has 0 saturated carbocycles. The molecule has 17 heavy (non-hydrogen) atoms. The fourth-order valence-corrected chi connectivity index (χ4v) is 1.30. The summed E-state index contributed by atoms with van der Waals surface area (Å²) in [5.41, 5.74) is 2.01. The highest BCUT2D eigenvalue weighted by Gasteiger charge is 2.11. The Morgan fingerprint density at radius 1 is 1.29 bits per heavy atom. The zero-order valence-electron chi connectivity index (χ0n) is 11.3. The summed E-state index contributed by atoms with van der Waals surface area (Å²) in [6.45, 7) is 9.04. The van der Waals surface area contributed by atoms with Crippen molar-refractivity contribution in [3.63, 3.8) is 0 Å². The molecule has 0 aliphatic carbocycles. The van der Waals surface area contributed by atoms with Crippen LogP contribution in [0, 0.1) is 5.41 Å². The van der Waals surface area contributed by atoms with Gasteiger partial charge < -0.3 is 9.57 Å². The monoisotopic (exact) mass is 235 g/mol. The molecule has 0 aromatic heterocycles. The third-order valence-electron chi connectivity index (χ3n) is 2.15. The molecule has 0 bridgehead atoms. The molecule has 3 nitrogen and oxygen atoms in total. The molecular formula is C14H21NO2. The van der Waals surface area contributed by atoms with Crippen LogP contribution in [-0.2, 0) is 4.84 Å². The van der Waals surface area contributed by atoms with Gasteiger partial charge in [0.2, 0.25) is 0 Å². The van der Waals surface area contributed by atoms with Crippen molar-refractivity contribution in [2.24, 2.45) is 10.6 Å². The Labute approximate surface area is 103 Å². The lowest BCUT2D eigenvalue weighted by Gasteiger charge is -2.19. The van der Waals surface area contributed by atoms with E-state index in [0.717, 1.165) is 17.0 Å². The first-order valence-corrected chi connectivity index (χ1v) is 5.73. The van der Waals surface area contributed by atoms with Crippen LogP contribution < -0.4 is 4.74 Å². The molecule has 0 saturated heterocycles. The predicted octanol–water partition coefficient (Wildman–Crippen LogP) is 3.48. The zero-order valence-corrected chi connectivity index (χ0v) is 11.3. The molecule has 0 spiro atoms. The SMILES string of the molecule is CO/N=C(/C)c1cccc(OCC(C)(C)C)c1. The molecule has 0 radical (unpaired) electrons. The molecule has 0 fully saturated rings. The predicted molar refractivity (Wildman–Crippen MR) is 70.6 cm³/mol. The molecule has 3 heteroatoms. The van der Waals surface area contributed by atoms with Gasteiger partial charge in [-0.1, -0.05) is 38.1 Å². The highest BCUT2D eigenvalue weighted by atomic mass is 16.6. The van der Waals surface area contributed by atoms with Crippen molar-refractivity contribution in [2.75, 3.05) is 13.7 Å². The highest BCUT2D eigenvalue weighted by molar-refractivity contribution is 5.98. The third-order valence-corrected chi connectivity index (χ3v) is 2.15. The molecule has 0 heterocycles. The minimum Gasteiger partial charge on any atom is -0.493 e. The summed E-state index contributed by atoms with van der Waals surface area (Å²) in [6, 6.07) is 7.88. The van der Waals surface area contributed by atoms with Crippen LogP contribution in [-0.4, -0.2) is 19.4 Å². The minimum atomic E-state index is 0.158. The van der Waals surface area contributed by atoms with Gasteiger partial charge in [-0.25, -0.2) is 0 Å². The topological polar surface area (TPSA) is 30.8 Å². The Hall–Kier alpha value is -1.51. The highest BCUT2D eigenvalue weighted by Crippen LogP contribution is 2.19. The van der Waals surface area contributed by atoms with Crippen molar-refractivity contribution in [2.45, 2.75) is 27.7 Å². The molecule has 94 valence electrons. The molecule has 0 amide bonds. The molecule has 0 unspecified atom stereocenters. The van der Waals surface area contributed by atoms with Crippen LogP contribution in [0.1, 0.15) is 33.3 Å². The summed E-state index contributed by atoms with van der Waals surface area (Å²) in [4.78, 5) is 4.76. The maximum Gasteiger partial charge on any atom is 0.119 e. The van der Waals surface area contributed by atoms with Crippen LogP contribution in [0.2, 0.25) is 0 Å². The Morgan fingerprint density at radius 3 is 2.59 bits per heavy atom. The second-order valence-corrected chi connectivity index (χ2v) is 5.24. The van der Waals surface area contributed by atoms with Gasteiger partial charge in [-0.2, -0.15) is 0 Å². The van der Waals surface area contributed by atoms with Gasteiger partial charge in [0.15, 0.2) is 0 Å². The van der Waals surface area contributed by atoms with Gasteiger partial charge in [-0.3, -0.25) is 0 Å².